The third-order valence-corrected chi connectivity index (χ3v) is 3.21. The van der Waals surface area contributed by atoms with Crippen LogP contribution in [0.3, 0.4) is 0 Å². The van der Waals surface area contributed by atoms with E-state index in [1.54, 1.807) is 14.2 Å². The van der Waals surface area contributed by atoms with Crippen molar-refractivity contribution in [2.24, 2.45) is 0 Å². The first-order chi connectivity index (χ1) is 10.2. The molecule has 126 valence electrons. The SMILES string of the molecule is COc1nc(OC)nc(C2(C)CCNCC2)n1.F[B-](F)(F)F.[H+]. The molecule has 0 aromatic carbocycles. The molecule has 1 aliphatic heterocycles. The van der Waals surface area contributed by atoms with Crippen LogP contribution in [0, 0.1) is 0 Å². The van der Waals surface area contributed by atoms with E-state index in [-0.39, 0.29) is 6.84 Å². The van der Waals surface area contributed by atoms with E-state index in [2.05, 4.69) is 27.2 Å². The minimum atomic E-state index is -6.00. The van der Waals surface area contributed by atoms with Gasteiger partial charge in [-0.25, -0.2) is 0 Å². The fraction of sp³-hybridized carbons (Fsp3) is 0.727. The first-order valence-corrected chi connectivity index (χ1v) is 6.60. The van der Waals surface area contributed by atoms with E-state index in [9.17, 15) is 17.3 Å². The molecule has 1 fully saturated rings. The van der Waals surface area contributed by atoms with Crippen molar-refractivity contribution in [2.45, 2.75) is 25.2 Å². The maximum Gasteiger partial charge on any atom is 1.00 e. The lowest BCUT2D eigenvalue weighted by Gasteiger charge is -2.32. The molecule has 0 atom stereocenters. The van der Waals surface area contributed by atoms with Crippen molar-refractivity contribution in [2.75, 3.05) is 27.3 Å². The molecule has 1 saturated heterocycles. The number of rotatable bonds is 3. The van der Waals surface area contributed by atoms with Crippen LogP contribution < -0.4 is 14.8 Å². The molecular formula is C11H19BF4N4O2. The van der Waals surface area contributed by atoms with Crippen molar-refractivity contribution < 1.29 is 28.2 Å². The average Bonchev–Trinajstić information content (AvgIpc) is 2.45. The molecule has 11 heteroatoms. The first kappa shape index (κ1) is 18.4. The lowest BCUT2D eigenvalue weighted by molar-refractivity contribution is 0.291. The van der Waals surface area contributed by atoms with Crippen LogP contribution in [0.1, 0.15) is 27.0 Å². The molecule has 1 aliphatic rings. The van der Waals surface area contributed by atoms with Gasteiger partial charge in [-0.05, 0) is 25.9 Å². The van der Waals surface area contributed by atoms with Crippen molar-refractivity contribution in [1.29, 1.82) is 0 Å². The summed E-state index contributed by atoms with van der Waals surface area (Å²) in [5.74, 6) is 0.753. The summed E-state index contributed by atoms with van der Waals surface area (Å²) in [6, 6.07) is 0.623. The van der Waals surface area contributed by atoms with Gasteiger partial charge in [0.15, 0.2) is 0 Å². The van der Waals surface area contributed by atoms with Gasteiger partial charge in [-0.2, -0.15) is 9.97 Å². The molecule has 0 bridgehead atoms. The lowest BCUT2D eigenvalue weighted by Crippen LogP contribution is -2.39. The van der Waals surface area contributed by atoms with E-state index < -0.39 is 7.25 Å². The predicted molar refractivity (Wildman–Crippen MR) is 73.7 cm³/mol. The van der Waals surface area contributed by atoms with Gasteiger partial charge >= 0.3 is 20.7 Å². The topological polar surface area (TPSA) is 69.2 Å². The van der Waals surface area contributed by atoms with Crippen LogP contribution in [0.15, 0.2) is 0 Å². The quantitative estimate of drug-likeness (QED) is 0.676. The summed E-state index contributed by atoms with van der Waals surface area (Å²) in [7, 11) is -2.91. The number of aromatic nitrogens is 3. The van der Waals surface area contributed by atoms with E-state index in [4.69, 9.17) is 9.47 Å². The number of hydrogen-bond donors (Lipinski definition) is 1. The molecule has 0 spiro atoms. The summed E-state index contributed by atoms with van der Waals surface area (Å²) in [5.41, 5.74) is -0.0330. The molecule has 0 saturated carbocycles. The zero-order chi connectivity index (χ0) is 16.8. The molecule has 2 rings (SSSR count). The minimum Gasteiger partial charge on any atom is -0.467 e. The maximum absolute atomic E-state index is 9.75. The highest BCUT2D eigenvalue weighted by Crippen LogP contribution is 2.31. The van der Waals surface area contributed by atoms with Gasteiger partial charge < -0.3 is 32.1 Å². The lowest BCUT2D eigenvalue weighted by atomic mass is 9.80. The minimum absolute atomic E-state index is 0. The van der Waals surface area contributed by atoms with Crippen LogP contribution in [-0.4, -0.2) is 49.5 Å². The van der Waals surface area contributed by atoms with Crippen LogP contribution in [0.25, 0.3) is 0 Å². The zero-order valence-electron chi connectivity index (χ0n) is 13.6. The summed E-state index contributed by atoms with van der Waals surface area (Å²) in [6.07, 6.45) is 2.01. The molecule has 0 unspecified atom stereocenters. The summed E-state index contributed by atoms with van der Waals surface area (Å²) >= 11 is 0. The van der Waals surface area contributed by atoms with Gasteiger partial charge in [0.1, 0.15) is 5.82 Å². The molecule has 2 heterocycles. The van der Waals surface area contributed by atoms with Crippen LogP contribution >= 0.6 is 0 Å². The highest BCUT2D eigenvalue weighted by molar-refractivity contribution is 6.50. The first-order valence-electron chi connectivity index (χ1n) is 6.60. The smallest absolute Gasteiger partial charge is 0.467 e. The summed E-state index contributed by atoms with van der Waals surface area (Å²) in [4.78, 5) is 12.7. The highest BCUT2D eigenvalue weighted by atomic mass is 19.5. The van der Waals surface area contributed by atoms with Gasteiger partial charge in [0.05, 0.1) is 14.2 Å². The number of piperidine rings is 1. The Morgan fingerprint density at radius 1 is 1.00 bits per heavy atom. The van der Waals surface area contributed by atoms with E-state index in [0.717, 1.165) is 31.8 Å². The zero-order valence-corrected chi connectivity index (χ0v) is 12.6. The van der Waals surface area contributed by atoms with Crippen molar-refractivity contribution >= 4 is 7.25 Å². The van der Waals surface area contributed by atoms with Crippen molar-refractivity contribution in [3.63, 3.8) is 0 Å². The second-order valence-electron chi connectivity index (χ2n) is 4.94. The van der Waals surface area contributed by atoms with Gasteiger partial charge in [0, 0.05) is 5.41 Å². The molecule has 0 amide bonds. The van der Waals surface area contributed by atoms with Gasteiger partial charge in [-0.3, -0.25) is 0 Å². The van der Waals surface area contributed by atoms with Gasteiger partial charge in [-0.15, -0.1) is 4.98 Å². The van der Waals surface area contributed by atoms with Crippen LogP contribution in [0.4, 0.5) is 17.3 Å². The fourth-order valence-corrected chi connectivity index (χ4v) is 1.99. The monoisotopic (exact) mass is 326 g/mol. The molecule has 22 heavy (non-hydrogen) atoms. The second-order valence-corrected chi connectivity index (χ2v) is 4.94. The van der Waals surface area contributed by atoms with E-state index >= 15 is 0 Å². The highest BCUT2D eigenvalue weighted by Gasteiger charge is 2.32. The molecule has 0 aliphatic carbocycles. The molecule has 0 radical (unpaired) electrons. The predicted octanol–water partition coefficient (Wildman–Crippen LogP) is 1.94. The van der Waals surface area contributed by atoms with Crippen molar-refractivity contribution in [1.82, 2.24) is 20.3 Å². The van der Waals surface area contributed by atoms with Crippen LogP contribution in [-0.2, 0) is 5.41 Å². The Labute approximate surface area is 127 Å². The van der Waals surface area contributed by atoms with E-state index in [1.165, 1.54) is 0 Å². The third kappa shape index (κ3) is 6.00. The Kier molecular flexibility index (Phi) is 6.33. The Morgan fingerprint density at radius 2 is 1.41 bits per heavy atom. The number of hydrogen-bond acceptors (Lipinski definition) is 6. The normalized spacial score (nSPS) is 17.2. The Hall–Kier alpha value is -1.65. The molecule has 1 aromatic heterocycles. The summed E-state index contributed by atoms with van der Waals surface area (Å²) in [5, 5.41) is 3.33. The van der Waals surface area contributed by atoms with Gasteiger partial charge in [0.25, 0.3) is 0 Å². The number of halogens is 4. The Bertz CT molecular complexity index is 461. The van der Waals surface area contributed by atoms with Gasteiger partial charge in [-0.1, -0.05) is 6.92 Å². The summed E-state index contributed by atoms with van der Waals surface area (Å²) < 4.78 is 49.2. The van der Waals surface area contributed by atoms with Crippen molar-refractivity contribution in [3.05, 3.63) is 5.82 Å². The molecule has 1 N–H and O–H groups in total. The molecule has 6 nitrogen and oxygen atoms in total. The molecule has 1 aromatic rings. The molecular weight excluding hydrogens is 307 g/mol. The van der Waals surface area contributed by atoms with E-state index in [0.29, 0.717) is 12.0 Å². The second kappa shape index (κ2) is 7.57. The third-order valence-electron chi connectivity index (χ3n) is 3.21. The Balaban J connectivity index is 0.000000709. The largest absolute Gasteiger partial charge is 1.00 e. The number of ether oxygens (including phenoxy) is 2. The van der Waals surface area contributed by atoms with Crippen LogP contribution in [0.5, 0.6) is 12.0 Å². The van der Waals surface area contributed by atoms with Gasteiger partial charge in [0.2, 0.25) is 0 Å². The maximum atomic E-state index is 9.75. The average molecular weight is 326 g/mol. The fourth-order valence-electron chi connectivity index (χ4n) is 1.99. The van der Waals surface area contributed by atoms with Crippen molar-refractivity contribution in [3.8, 4) is 12.0 Å². The number of methoxy groups -OCH3 is 2. The van der Waals surface area contributed by atoms with Crippen LogP contribution in [0.2, 0.25) is 0 Å². The standard InChI is InChI=1S/C11H18N4O2.BF4/c1-11(4-6-12-7-5-11)8-13-9(16-2)15-10(14-8)17-3;2-1(3,4)5/h12H,4-7H2,1-3H3;/q;-1/p+1. The number of nitrogens with one attached hydrogen (secondary N) is 1. The summed E-state index contributed by atoms with van der Waals surface area (Å²) in [6.45, 7) is 4.13. The van der Waals surface area contributed by atoms with E-state index in [1.807, 2.05) is 0 Å². The Morgan fingerprint density at radius 3 is 1.77 bits per heavy atom. The number of nitrogens with zero attached hydrogens (tertiary/aromatic N) is 3.